The van der Waals surface area contributed by atoms with E-state index in [1.807, 2.05) is 60.7 Å². The zero-order valence-electron chi connectivity index (χ0n) is 12.7. The van der Waals surface area contributed by atoms with Crippen LogP contribution in [0.25, 0.3) is 0 Å². The molecule has 0 aromatic heterocycles. The Hall–Kier alpha value is -2.19. The highest BCUT2D eigenvalue weighted by Crippen LogP contribution is 2.30. The van der Waals surface area contributed by atoms with Gasteiger partial charge in [0.05, 0.1) is 0 Å². The first-order valence-corrected chi connectivity index (χ1v) is 8.42. The molecule has 1 nitrogen and oxygen atoms in total. The van der Waals surface area contributed by atoms with Crippen molar-refractivity contribution in [2.45, 2.75) is 12.3 Å². The Morgan fingerprint density at radius 1 is 0.739 bits per heavy atom. The highest BCUT2D eigenvalue weighted by atomic mass is 79.9. The molecule has 0 aliphatic rings. The number of carbonyl (C=O) groups excluding carboxylic acids is 1. The lowest BCUT2D eigenvalue weighted by Crippen LogP contribution is -2.09. The zero-order chi connectivity index (χ0) is 16.1. The second-order valence-corrected chi connectivity index (χ2v) is 6.42. The molecular formula is C21H17BrO. The van der Waals surface area contributed by atoms with Crippen LogP contribution >= 0.6 is 15.9 Å². The molecular weight excluding hydrogens is 348 g/mol. The summed E-state index contributed by atoms with van der Waals surface area (Å²) in [6, 6.07) is 27.9. The van der Waals surface area contributed by atoms with Crippen molar-refractivity contribution < 1.29 is 4.79 Å². The van der Waals surface area contributed by atoms with Crippen molar-refractivity contribution in [2.24, 2.45) is 0 Å². The van der Waals surface area contributed by atoms with Crippen LogP contribution in [0.4, 0.5) is 0 Å². The maximum absolute atomic E-state index is 12.7. The summed E-state index contributed by atoms with van der Waals surface area (Å²) in [5.74, 6) is 0.236. The molecule has 0 radical (unpaired) electrons. The molecule has 0 spiro atoms. The van der Waals surface area contributed by atoms with Gasteiger partial charge in [0, 0.05) is 22.4 Å². The monoisotopic (exact) mass is 364 g/mol. The minimum atomic E-state index is 0.0667. The van der Waals surface area contributed by atoms with Gasteiger partial charge >= 0.3 is 0 Å². The molecule has 0 fully saturated rings. The largest absolute Gasteiger partial charge is 0.294 e. The standard InChI is InChI=1S/C21H17BrO/c22-19-13-11-17(12-14-19)20(16-7-3-1-4-8-16)15-21(23)18-9-5-2-6-10-18/h1-14,20H,15H2/t20-/m1/s1. The van der Waals surface area contributed by atoms with Crippen LogP contribution < -0.4 is 0 Å². The van der Waals surface area contributed by atoms with Gasteiger partial charge in [0.15, 0.2) is 5.78 Å². The van der Waals surface area contributed by atoms with Gasteiger partial charge in [-0.1, -0.05) is 88.7 Å². The average Bonchev–Trinajstić information content (AvgIpc) is 2.62. The highest BCUT2D eigenvalue weighted by Gasteiger charge is 2.19. The lowest BCUT2D eigenvalue weighted by Gasteiger charge is -2.17. The lowest BCUT2D eigenvalue weighted by molar-refractivity contribution is 0.0977. The Balaban J connectivity index is 1.93. The normalized spacial score (nSPS) is 11.9. The molecule has 1 atom stereocenters. The first-order chi connectivity index (χ1) is 11.2. The van der Waals surface area contributed by atoms with Crippen LogP contribution in [0.1, 0.15) is 33.8 Å². The van der Waals surface area contributed by atoms with Gasteiger partial charge in [0.25, 0.3) is 0 Å². The maximum Gasteiger partial charge on any atom is 0.163 e. The van der Waals surface area contributed by atoms with Gasteiger partial charge in [-0.3, -0.25) is 4.79 Å². The minimum absolute atomic E-state index is 0.0667. The number of benzene rings is 3. The third-order valence-corrected chi connectivity index (χ3v) is 4.49. The number of hydrogen-bond acceptors (Lipinski definition) is 1. The Bertz CT molecular complexity index is 764. The molecule has 114 valence electrons. The number of rotatable bonds is 5. The summed E-state index contributed by atoms with van der Waals surface area (Å²) in [5, 5.41) is 0. The molecule has 0 amide bonds. The number of Topliss-reactive ketones (excluding diaryl/α,β-unsaturated/α-hetero) is 1. The van der Waals surface area contributed by atoms with Gasteiger partial charge < -0.3 is 0 Å². The molecule has 0 aliphatic carbocycles. The number of hydrogen-bond donors (Lipinski definition) is 0. The fraction of sp³-hybridized carbons (Fsp3) is 0.0952. The summed E-state index contributed by atoms with van der Waals surface area (Å²) in [6.07, 6.45) is 0.468. The molecule has 0 N–H and O–H groups in total. The predicted molar refractivity (Wildman–Crippen MR) is 97.8 cm³/mol. The topological polar surface area (TPSA) is 17.1 Å². The third kappa shape index (κ3) is 3.96. The van der Waals surface area contributed by atoms with E-state index in [0.29, 0.717) is 6.42 Å². The molecule has 0 aliphatic heterocycles. The molecule has 0 saturated carbocycles. The molecule has 2 heteroatoms. The van der Waals surface area contributed by atoms with Crippen molar-refractivity contribution in [3.05, 3.63) is 106 Å². The summed E-state index contributed by atoms with van der Waals surface area (Å²) in [6.45, 7) is 0. The average molecular weight is 365 g/mol. The Morgan fingerprint density at radius 2 is 1.26 bits per heavy atom. The van der Waals surface area contributed by atoms with Crippen LogP contribution in [0.2, 0.25) is 0 Å². The quantitative estimate of drug-likeness (QED) is 0.518. The SMILES string of the molecule is O=C(C[C@H](c1ccccc1)c1ccc(Br)cc1)c1ccccc1. The van der Waals surface area contributed by atoms with Crippen LogP contribution in [0.3, 0.4) is 0 Å². The van der Waals surface area contributed by atoms with Crippen molar-refractivity contribution >= 4 is 21.7 Å². The Labute approximate surface area is 145 Å². The maximum atomic E-state index is 12.7. The second kappa shape index (κ2) is 7.38. The molecule has 0 saturated heterocycles. The lowest BCUT2D eigenvalue weighted by atomic mass is 9.86. The summed E-state index contributed by atoms with van der Waals surface area (Å²) in [7, 11) is 0. The first-order valence-electron chi connectivity index (χ1n) is 7.62. The molecule has 0 unspecified atom stereocenters. The van der Waals surface area contributed by atoms with Gasteiger partial charge in [-0.05, 0) is 23.3 Å². The van der Waals surface area contributed by atoms with E-state index in [1.54, 1.807) is 0 Å². The first kappa shape index (κ1) is 15.7. The van der Waals surface area contributed by atoms with E-state index >= 15 is 0 Å². The second-order valence-electron chi connectivity index (χ2n) is 5.51. The van der Waals surface area contributed by atoms with Crippen molar-refractivity contribution in [3.8, 4) is 0 Å². The van der Waals surface area contributed by atoms with Gasteiger partial charge in [0.2, 0.25) is 0 Å². The van der Waals surface area contributed by atoms with Gasteiger partial charge in [-0.15, -0.1) is 0 Å². The van der Waals surface area contributed by atoms with Gasteiger partial charge in [-0.25, -0.2) is 0 Å². The van der Waals surface area contributed by atoms with E-state index in [2.05, 4.69) is 40.2 Å². The van der Waals surface area contributed by atoms with Crippen LogP contribution in [-0.2, 0) is 0 Å². The zero-order valence-corrected chi connectivity index (χ0v) is 14.2. The van der Waals surface area contributed by atoms with Gasteiger partial charge in [-0.2, -0.15) is 0 Å². The fourth-order valence-corrected chi connectivity index (χ4v) is 3.00. The van der Waals surface area contributed by atoms with Crippen LogP contribution in [0.15, 0.2) is 89.4 Å². The number of ketones is 1. The van der Waals surface area contributed by atoms with E-state index in [4.69, 9.17) is 0 Å². The Kier molecular flexibility index (Phi) is 5.04. The predicted octanol–water partition coefficient (Wildman–Crippen LogP) is 5.85. The number of carbonyl (C=O) groups is 1. The van der Waals surface area contributed by atoms with Gasteiger partial charge in [0.1, 0.15) is 0 Å². The summed E-state index contributed by atoms with van der Waals surface area (Å²) >= 11 is 3.47. The van der Waals surface area contributed by atoms with E-state index in [0.717, 1.165) is 15.6 Å². The Morgan fingerprint density at radius 3 is 1.87 bits per heavy atom. The van der Waals surface area contributed by atoms with E-state index < -0.39 is 0 Å². The van der Waals surface area contributed by atoms with Crippen molar-refractivity contribution in [3.63, 3.8) is 0 Å². The molecule has 3 aromatic carbocycles. The summed E-state index contributed by atoms with van der Waals surface area (Å²) < 4.78 is 1.04. The molecule has 23 heavy (non-hydrogen) atoms. The van der Waals surface area contributed by atoms with Crippen molar-refractivity contribution in [1.29, 1.82) is 0 Å². The highest BCUT2D eigenvalue weighted by molar-refractivity contribution is 9.10. The van der Waals surface area contributed by atoms with E-state index in [9.17, 15) is 4.79 Å². The molecule has 3 aromatic rings. The summed E-state index contributed by atoms with van der Waals surface area (Å²) in [4.78, 5) is 12.7. The smallest absolute Gasteiger partial charge is 0.163 e. The number of halogens is 1. The fourth-order valence-electron chi connectivity index (χ4n) is 2.74. The van der Waals surface area contributed by atoms with Crippen LogP contribution in [0.5, 0.6) is 0 Å². The van der Waals surface area contributed by atoms with E-state index in [1.165, 1.54) is 5.56 Å². The summed E-state index contributed by atoms with van der Waals surface area (Å²) in [5.41, 5.74) is 3.09. The third-order valence-electron chi connectivity index (χ3n) is 3.96. The molecule has 3 rings (SSSR count). The van der Waals surface area contributed by atoms with Crippen molar-refractivity contribution in [1.82, 2.24) is 0 Å². The van der Waals surface area contributed by atoms with Crippen LogP contribution in [-0.4, -0.2) is 5.78 Å². The van der Waals surface area contributed by atoms with Crippen molar-refractivity contribution in [2.75, 3.05) is 0 Å². The van der Waals surface area contributed by atoms with Crippen LogP contribution in [0, 0.1) is 0 Å². The van der Waals surface area contributed by atoms with E-state index in [-0.39, 0.29) is 11.7 Å². The molecule has 0 heterocycles. The molecule has 0 bridgehead atoms. The minimum Gasteiger partial charge on any atom is -0.294 e.